The van der Waals surface area contributed by atoms with Crippen LogP contribution >= 0.6 is 0 Å². The lowest BCUT2D eigenvalue weighted by Crippen LogP contribution is -2.52. The molecule has 2 saturated heterocycles. The summed E-state index contributed by atoms with van der Waals surface area (Å²) in [6.45, 7) is 11.9. The molecule has 2 fully saturated rings. The third kappa shape index (κ3) is 4.94. The van der Waals surface area contributed by atoms with Crippen molar-refractivity contribution in [1.82, 2.24) is 15.5 Å². The van der Waals surface area contributed by atoms with Crippen molar-refractivity contribution in [2.75, 3.05) is 39.4 Å². The molecule has 0 aromatic heterocycles. The Morgan fingerprint density at radius 1 is 1.38 bits per heavy atom. The molecule has 2 N–H and O–H groups in total. The number of morpholine rings is 1. The molecule has 0 aromatic rings. The molecule has 1 amide bonds. The fourth-order valence-corrected chi connectivity index (χ4v) is 3.36. The van der Waals surface area contributed by atoms with Crippen molar-refractivity contribution in [1.29, 1.82) is 0 Å². The van der Waals surface area contributed by atoms with Crippen LogP contribution in [0.4, 0.5) is 0 Å². The van der Waals surface area contributed by atoms with Gasteiger partial charge in [0.1, 0.15) is 0 Å². The molecule has 0 spiro atoms. The molecular weight excluding hydrogens is 266 g/mol. The first-order valence-electron chi connectivity index (χ1n) is 8.40. The van der Waals surface area contributed by atoms with Crippen molar-refractivity contribution in [2.45, 2.75) is 45.7 Å². The van der Waals surface area contributed by atoms with Gasteiger partial charge in [-0.05, 0) is 31.2 Å². The van der Waals surface area contributed by atoms with Crippen LogP contribution in [-0.4, -0.2) is 62.3 Å². The van der Waals surface area contributed by atoms with Crippen molar-refractivity contribution >= 4 is 5.91 Å². The Balaban J connectivity index is 1.84. The number of rotatable bonds is 6. The molecular formula is C16H31N3O2. The smallest absolute Gasteiger partial charge is 0.237 e. The van der Waals surface area contributed by atoms with E-state index in [0.29, 0.717) is 17.9 Å². The van der Waals surface area contributed by atoms with Gasteiger partial charge in [0.2, 0.25) is 5.91 Å². The monoisotopic (exact) mass is 297 g/mol. The first-order valence-corrected chi connectivity index (χ1v) is 8.40. The predicted octanol–water partition coefficient (Wildman–Crippen LogP) is 0.848. The average molecular weight is 297 g/mol. The van der Waals surface area contributed by atoms with Gasteiger partial charge < -0.3 is 15.4 Å². The molecule has 122 valence electrons. The number of nitrogens with zero attached hydrogens (tertiary/aromatic N) is 1. The number of hydrogen-bond donors (Lipinski definition) is 2. The lowest BCUT2D eigenvalue weighted by molar-refractivity contribution is -0.124. The number of ether oxygens (including phenoxy) is 1. The van der Waals surface area contributed by atoms with Crippen LogP contribution in [0.3, 0.4) is 0 Å². The van der Waals surface area contributed by atoms with Crippen LogP contribution in [0.15, 0.2) is 0 Å². The molecule has 5 nitrogen and oxygen atoms in total. The highest BCUT2D eigenvalue weighted by Crippen LogP contribution is 2.16. The lowest BCUT2D eigenvalue weighted by atomic mass is 10.0. The number of hydrogen-bond acceptors (Lipinski definition) is 4. The van der Waals surface area contributed by atoms with E-state index in [1.807, 2.05) is 0 Å². The van der Waals surface area contributed by atoms with Crippen LogP contribution < -0.4 is 10.6 Å². The fraction of sp³-hybridized carbons (Fsp3) is 0.938. The summed E-state index contributed by atoms with van der Waals surface area (Å²) in [6.07, 6.45) is 2.21. The van der Waals surface area contributed by atoms with Gasteiger partial charge in [-0.15, -0.1) is 0 Å². The summed E-state index contributed by atoms with van der Waals surface area (Å²) in [5.41, 5.74) is 0. The van der Waals surface area contributed by atoms with E-state index in [2.05, 4.69) is 36.3 Å². The molecule has 0 radical (unpaired) electrons. The van der Waals surface area contributed by atoms with Crippen LogP contribution in [0.2, 0.25) is 0 Å². The zero-order chi connectivity index (χ0) is 15.2. The number of nitrogens with one attached hydrogen (secondary N) is 2. The molecule has 0 saturated carbocycles. The summed E-state index contributed by atoms with van der Waals surface area (Å²) in [7, 11) is 0. The molecule has 2 rings (SSSR count). The molecule has 0 aliphatic carbocycles. The van der Waals surface area contributed by atoms with Gasteiger partial charge in [-0.2, -0.15) is 0 Å². The van der Waals surface area contributed by atoms with Gasteiger partial charge in [-0.3, -0.25) is 9.69 Å². The quantitative estimate of drug-likeness (QED) is 0.763. The Kier molecular flexibility index (Phi) is 6.45. The third-order valence-corrected chi connectivity index (χ3v) is 4.63. The zero-order valence-corrected chi connectivity index (χ0v) is 13.7. The summed E-state index contributed by atoms with van der Waals surface area (Å²) < 4.78 is 5.44. The fourth-order valence-electron chi connectivity index (χ4n) is 3.36. The molecule has 3 unspecified atom stereocenters. The number of amides is 1. The standard InChI is InChI=1S/C16H31N3O2/c1-12(2)10-14(19-6-8-21-9-7-19)11-18-16(20)15-13(3)4-5-17-15/h12-15,17H,4-11H2,1-3H3,(H,18,20). The maximum atomic E-state index is 12.3. The van der Waals surface area contributed by atoms with Crippen LogP contribution in [0.25, 0.3) is 0 Å². The van der Waals surface area contributed by atoms with E-state index in [1.54, 1.807) is 0 Å². The number of carbonyl (C=O) groups is 1. The highest BCUT2D eigenvalue weighted by Gasteiger charge is 2.30. The topological polar surface area (TPSA) is 53.6 Å². The van der Waals surface area contributed by atoms with Gasteiger partial charge >= 0.3 is 0 Å². The SMILES string of the molecule is CC(C)CC(CNC(=O)C1NCCC1C)N1CCOCC1. The van der Waals surface area contributed by atoms with Crippen molar-refractivity contribution < 1.29 is 9.53 Å². The summed E-state index contributed by atoms with van der Waals surface area (Å²) in [6, 6.07) is 0.420. The van der Waals surface area contributed by atoms with Gasteiger partial charge in [0.05, 0.1) is 19.3 Å². The average Bonchev–Trinajstić information content (AvgIpc) is 2.90. The van der Waals surface area contributed by atoms with Crippen molar-refractivity contribution in [3.63, 3.8) is 0 Å². The second-order valence-corrected chi connectivity index (χ2v) is 6.87. The highest BCUT2D eigenvalue weighted by atomic mass is 16.5. The molecule has 21 heavy (non-hydrogen) atoms. The third-order valence-electron chi connectivity index (χ3n) is 4.63. The molecule has 5 heteroatoms. The first kappa shape index (κ1) is 16.7. The summed E-state index contributed by atoms with van der Waals surface area (Å²) in [5, 5.41) is 6.48. The molecule has 3 atom stereocenters. The van der Waals surface area contributed by atoms with Crippen molar-refractivity contribution in [2.24, 2.45) is 11.8 Å². The molecule has 0 aromatic carbocycles. The molecule has 2 heterocycles. The van der Waals surface area contributed by atoms with Gasteiger partial charge in [0, 0.05) is 25.7 Å². The largest absolute Gasteiger partial charge is 0.379 e. The molecule has 0 bridgehead atoms. The van der Waals surface area contributed by atoms with Crippen LogP contribution in [0.5, 0.6) is 0 Å². The molecule has 2 aliphatic rings. The van der Waals surface area contributed by atoms with E-state index in [1.165, 1.54) is 0 Å². The van der Waals surface area contributed by atoms with Crippen molar-refractivity contribution in [3.8, 4) is 0 Å². The van der Waals surface area contributed by atoms with E-state index >= 15 is 0 Å². The summed E-state index contributed by atoms with van der Waals surface area (Å²) in [5.74, 6) is 1.25. The van der Waals surface area contributed by atoms with Gasteiger partial charge in [0.25, 0.3) is 0 Å². The minimum atomic E-state index is -0.00520. The minimum absolute atomic E-state index is 0.00520. The lowest BCUT2D eigenvalue weighted by Gasteiger charge is -2.35. The van der Waals surface area contributed by atoms with Gasteiger partial charge in [-0.1, -0.05) is 20.8 Å². The van der Waals surface area contributed by atoms with E-state index in [9.17, 15) is 4.79 Å². The molecule has 2 aliphatic heterocycles. The van der Waals surface area contributed by atoms with Crippen LogP contribution in [0.1, 0.15) is 33.6 Å². The Bertz CT molecular complexity index is 329. The van der Waals surface area contributed by atoms with Crippen LogP contribution in [0, 0.1) is 11.8 Å². The number of carbonyl (C=O) groups excluding carboxylic acids is 1. The first-order chi connectivity index (χ1) is 10.1. The normalized spacial score (nSPS) is 28.8. The summed E-state index contributed by atoms with van der Waals surface area (Å²) >= 11 is 0. The Morgan fingerprint density at radius 2 is 2.10 bits per heavy atom. The van der Waals surface area contributed by atoms with E-state index in [-0.39, 0.29) is 11.9 Å². The Hall–Kier alpha value is -0.650. The maximum Gasteiger partial charge on any atom is 0.237 e. The van der Waals surface area contributed by atoms with Gasteiger partial charge in [0.15, 0.2) is 0 Å². The van der Waals surface area contributed by atoms with E-state index in [0.717, 1.165) is 52.2 Å². The second-order valence-electron chi connectivity index (χ2n) is 6.87. The summed E-state index contributed by atoms with van der Waals surface area (Å²) in [4.78, 5) is 14.8. The maximum absolute atomic E-state index is 12.3. The zero-order valence-electron chi connectivity index (χ0n) is 13.7. The Morgan fingerprint density at radius 3 is 2.67 bits per heavy atom. The Labute approximate surface area is 128 Å². The van der Waals surface area contributed by atoms with Crippen molar-refractivity contribution in [3.05, 3.63) is 0 Å². The van der Waals surface area contributed by atoms with Crippen LogP contribution in [-0.2, 0) is 9.53 Å². The highest BCUT2D eigenvalue weighted by molar-refractivity contribution is 5.82. The minimum Gasteiger partial charge on any atom is -0.379 e. The second kappa shape index (κ2) is 8.11. The van der Waals surface area contributed by atoms with E-state index in [4.69, 9.17) is 4.74 Å². The van der Waals surface area contributed by atoms with Gasteiger partial charge in [-0.25, -0.2) is 0 Å². The van der Waals surface area contributed by atoms with E-state index < -0.39 is 0 Å². The predicted molar refractivity (Wildman–Crippen MR) is 84.2 cm³/mol.